The molecule has 0 bridgehead atoms. The van der Waals surface area contributed by atoms with Gasteiger partial charge in [-0.3, -0.25) is 0 Å². The lowest BCUT2D eigenvalue weighted by Gasteiger charge is -2.24. The first kappa shape index (κ1) is 17.2. The van der Waals surface area contributed by atoms with Crippen LogP contribution in [-0.4, -0.2) is 35.7 Å². The first-order chi connectivity index (χ1) is 10.2. The molecule has 1 aromatic rings. The maximum Gasteiger partial charge on any atom is 0.410 e. The van der Waals surface area contributed by atoms with Crippen molar-refractivity contribution in [1.82, 2.24) is 10.2 Å². The van der Waals surface area contributed by atoms with Crippen molar-refractivity contribution >= 4 is 22.0 Å². The van der Waals surface area contributed by atoms with E-state index >= 15 is 0 Å². The van der Waals surface area contributed by atoms with E-state index < -0.39 is 5.60 Å². The van der Waals surface area contributed by atoms with Gasteiger partial charge in [0, 0.05) is 30.1 Å². The predicted octanol–water partition coefficient (Wildman–Crippen LogP) is 3.69. The number of nitrogens with zero attached hydrogens (tertiary/aromatic N) is 1. The molecule has 1 N–H and O–H groups in total. The summed E-state index contributed by atoms with van der Waals surface area (Å²) in [4.78, 5) is 13.7. The third kappa shape index (κ3) is 4.95. The number of ether oxygens (including phenoxy) is 1. The Labute approximate surface area is 139 Å². The minimum Gasteiger partial charge on any atom is -0.444 e. The molecule has 1 atom stereocenters. The number of nitrogens with one attached hydrogen (secondary N) is 1. The molecule has 2 rings (SSSR count). The minimum absolute atomic E-state index is 0.197. The zero-order valence-electron chi connectivity index (χ0n) is 13.2. The third-order valence-electron chi connectivity index (χ3n) is 3.43. The lowest BCUT2D eigenvalue weighted by Crippen LogP contribution is -2.38. The number of hydrogen-bond acceptors (Lipinski definition) is 3. The van der Waals surface area contributed by atoms with Gasteiger partial charge >= 0.3 is 6.09 Å². The van der Waals surface area contributed by atoms with Gasteiger partial charge in [-0.05, 0) is 51.0 Å². The van der Waals surface area contributed by atoms with Gasteiger partial charge in [-0.25, -0.2) is 9.18 Å². The van der Waals surface area contributed by atoms with Crippen LogP contribution in [0.2, 0.25) is 0 Å². The Hall–Kier alpha value is -1.14. The van der Waals surface area contributed by atoms with Crippen LogP contribution < -0.4 is 5.32 Å². The monoisotopic (exact) mass is 372 g/mol. The molecule has 6 heteroatoms. The molecule has 0 spiro atoms. The van der Waals surface area contributed by atoms with E-state index in [1.807, 2.05) is 20.8 Å². The van der Waals surface area contributed by atoms with E-state index in [0.29, 0.717) is 19.6 Å². The summed E-state index contributed by atoms with van der Waals surface area (Å²) in [7, 11) is 0. The van der Waals surface area contributed by atoms with Crippen LogP contribution in [0.1, 0.15) is 32.8 Å². The molecule has 1 amide bonds. The molecule has 0 saturated carbocycles. The Balaban J connectivity index is 1.84. The largest absolute Gasteiger partial charge is 0.444 e. The SMILES string of the molecule is CC(C)(C)OC(=O)N1CCC(NCc2cc(F)ccc2Br)C1. The van der Waals surface area contributed by atoms with Crippen LogP contribution in [0.3, 0.4) is 0 Å². The van der Waals surface area contributed by atoms with Crippen LogP contribution in [0.5, 0.6) is 0 Å². The van der Waals surface area contributed by atoms with E-state index in [1.54, 1.807) is 11.0 Å². The van der Waals surface area contributed by atoms with E-state index in [4.69, 9.17) is 4.74 Å². The molecule has 1 saturated heterocycles. The van der Waals surface area contributed by atoms with Crippen molar-refractivity contribution in [3.63, 3.8) is 0 Å². The van der Waals surface area contributed by atoms with Crippen LogP contribution in [0, 0.1) is 5.82 Å². The molecule has 1 aliphatic rings. The fourth-order valence-electron chi connectivity index (χ4n) is 2.35. The summed E-state index contributed by atoms with van der Waals surface area (Å²) in [6.45, 7) is 7.43. The maximum absolute atomic E-state index is 13.3. The molecule has 0 aliphatic carbocycles. The predicted molar refractivity (Wildman–Crippen MR) is 87.2 cm³/mol. The Kier molecular flexibility index (Phi) is 5.45. The van der Waals surface area contributed by atoms with Gasteiger partial charge in [-0.2, -0.15) is 0 Å². The van der Waals surface area contributed by atoms with E-state index in [-0.39, 0.29) is 18.0 Å². The fraction of sp³-hybridized carbons (Fsp3) is 0.562. The van der Waals surface area contributed by atoms with Gasteiger partial charge in [-0.15, -0.1) is 0 Å². The highest BCUT2D eigenvalue weighted by Gasteiger charge is 2.29. The molecular weight excluding hydrogens is 351 g/mol. The molecule has 1 fully saturated rings. The fourth-order valence-corrected chi connectivity index (χ4v) is 2.74. The Morgan fingerprint density at radius 1 is 1.50 bits per heavy atom. The number of rotatable bonds is 3. The second-order valence-electron chi connectivity index (χ2n) is 6.53. The normalized spacial score (nSPS) is 18.6. The van der Waals surface area contributed by atoms with E-state index in [0.717, 1.165) is 16.5 Å². The molecule has 122 valence electrons. The number of amides is 1. The summed E-state index contributed by atoms with van der Waals surface area (Å²) >= 11 is 3.42. The summed E-state index contributed by atoms with van der Waals surface area (Å²) in [6.07, 6.45) is 0.593. The average Bonchev–Trinajstić information content (AvgIpc) is 2.87. The zero-order valence-corrected chi connectivity index (χ0v) is 14.7. The summed E-state index contributed by atoms with van der Waals surface area (Å²) < 4.78 is 19.5. The second-order valence-corrected chi connectivity index (χ2v) is 7.38. The van der Waals surface area contributed by atoms with Gasteiger partial charge < -0.3 is 15.0 Å². The first-order valence-electron chi connectivity index (χ1n) is 7.40. The lowest BCUT2D eigenvalue weighted by atomic mass is 10.2. The smallest absolute Gasteiger partial charge is 0.410 e. The second kappa shape index (κ2) is 6.96. The minimum atomic E-state index is -0.477. The summed E-state index contributed by atoms with van der Waals surface area (Å²) in [5.74, 6) is -0.248. The molecule has 1 unspecified atom stereocenters. The summed E-state index contributed by atoms with van der Waals surface area (Å²) in [6, 6.07) is 4.83. The van der Waals surface area contributed by atoms with E-state index in [1.165, 1.54) is 12.1 Å². The molecule has 0 aromatic heterocycles. The van der Waals surface area contributed by atoms with Gasteiger partial charge in [0.05, 0.1) is 0 Å². The van der Waals surface area contributed by atoms with Crippen LogP contribution >= 0.6 is 15.9 Å². The van der Waals surface area contributed by atoms with Crippen molar-refractivity contribution in [2.45, 2.75) is 45.4 Å². The molecular formula is C16H22BrFN2O2. The number of hydrogen-bond donors (Lipinski definition) is 1. The summed E-state index contributed by atoms with van der Waals surface area (Å²) in [5, 5.41) is 3.37. The molecule has 22 heavy (non-hydrogen) atoms. The number of halogens is 2. The van der Waals surface area contributed by atoms with Gasteiger partial charge in [0.1, 0.15) is 11.4 Å². The lowest BCUT2D eigenvalue weighted by molar-refractivity contribution is 0.0291. The molecule has 0 radical (unpaired) electrons. The van der Waals surface area contributed by atoms with Crippen molar-refractivity contribution in [3.8, 4) is 0 Å². The van der Waals surface area contributed by atoms with Crippen LogP contribution in [0.4, 0.5) is 9.18 Å². The average molecular weight is 373 g/mol. The number of carbonyl (C=O) groups excluding carboxylic acids is 1. The standard InChI is InChI=1S/C16H22BrFN2O2/c1-16(2,3)22-15(21)20-7-6-13(10-20)19-9-11-8-12(18)4-5-14(11)17/h4-5,8,13,19H,6-7,9-10H2,1-3H3. The highest BCUT2D eigenvalue weighted by molar-refractivity contribution is 9.10. The van der Waals surface area contributed by atoms with Gasteiger partial charge in [0.15, 0.2) is 0 Å². The van der Waals surface area contributed by atoms with Crippen molar-refractivity contribution in [2.24, 2.45) is 0 Å². The van der Waals surface area contributed by atoms with E-state index in [2.05, 4.69) is 21.2 Å². The maximum atomic E-state index is 13.3. The Bertz CT molecular complexity index is 545. The van der Waals surface area contributed by atoms with Crippen LogP contribution in [-0.2, 0) is 11.3 Å². The summed E-state index contributed by atoms with van der Waals surface area (Å²) in [5.41, 5.74) is 0.394. The van der Waals surface area contributed by atoms with Crippen molar-refractivity contribution in [3.05, 3.63) is 34.1 Å². The van der Waals surface area contributed by atoms with Crippen molar-refractivity contribution in [2.75, 3.05) is 13.1 Å². The number of benzene rings is 1. The van der Waals surface area contributed by atoms with Gasteiger partial charge in [-0.1, -0.05) is 15.9 Å². The molecule has 1 aliphatic heterocycles. The Morgan fingerprint density at radius 3 is 2.91 bits per heavy atom. The van der Waals surface area contributed by atoms with Gasteiger partial charge in [0.2, 0.25) is 0 Å². The van der Waals surface area contributed by atoms with E-state index in [9.17, 15) is 9.18 Å². The molecule has 4 nitrogen and oxygen atoms in total. The number of likely N-dealkylation sites (tertiary alicyclic amines) is 1. The quantitative estimate of drug-likeness (QED) is 0.879. The topological polar surface area (TPSA) is 41.6 Å². The van der Waals surface area contributed by atoms with Crippen LogP contribution in [0.15, 0.2) is 22.7 Å². The highest BCUT2D eigenvalue weighted by Crippen LogP contribution is 2.19. The van der Waals surface area contributed by atoms with Crippen molar-refractivity contribution < 1.29 is 13.9 Å². The third-order valence-corrected chi connectivity index (χ3v) is 4.20. The highest BCUT2D eigenvalue weighted by atomic mass is 79.9. The Morgan fingerprint density at radius 2 is 2.23 bits per heavy atom. The molecule has 1 heterocycles. The first-order valence-corrected chi connectivity index (χ1v) is 8.19. The molecule has 1 aromatic carbocycles. The van der Waals surface area contributed by atoms with Crippen molar-refractivity contribution in [1.29, 1.82) is 0 Å². The van der Waals surface area contributed by atoms with Gasteiger partial charge in [0.25, 0.3) is 0 Å². The number of carbonyl (C=O) groups is 1. The zero-order chi connectivity index (χ0) is 16.3. The van der Waals surface area contributed by atoms with Crippen LogP contribution in [0.25, 0.3) is 0 Å².